The molecule has 0 bridgehead atoms. The molecule has 108 valence electrons. The third-order valence-electron chi connectivity index (χ3n) is 2.59. The highest BCUT2D eigenvalue weighted by Gasteiger charge is 2.13. The van der Waals surface area contributed by atoms with Crippen LogP contribution in [-0.4, -0.2) is 24.3 Å². The molecule has 2 rings (SSSR count). The summed E-state index contributed by atoms with van der Waals surface area (Å²) in [6.07, 6.45) is 0. The first-order chi connectivity index (χ1) is 9.63. The van der Waals surface area contributed by atoms with Crippen LogP contribution in [0, 0.1) is 6.92 Å². The second-order valence-electron chi connectivity index (χ2n) is 4.16. The number of rotatable bonds is 6. The Balaban J connectivity index is 2.17. The molecule has 0 atom stereocenters. The van der Waals surface area contributed by atoms with E-state index in [1.807, 2.05) is 19.2 Å². The molecule has 0 amide bonds. The van der Waals surface area contributed by atoms with Gasteiger partial charge in [-0.3, -0.25) is 0 Å². The molecular formula is C13H16BrN3O3. The summed E-state index contributed by atoms with van der Waals surface area (Å²) in [6, 6.07) is 3.91. The zero-order valence-electron chi connectivity index (χ0n) is 11.6. The Morgan fingerprint density at radius 1 is 1.40 bits per heavy atom. The van der Waals surface area contributed by atoms with Crippen LogP contribution in [0.5, 0.6) is 11.5 Å². The van der Waals surface area contributed by atoms with Crippen molar-refractivity contribution in [2.24, 2.45) is 0 Å². The summed E-state index contributed by atoms with van der Waals surface area (Å²) in [5, 5.41) is 6.88. The van der Waals surface area contributed by atoms with Gasteiger partial charge in [-0.2, -0.15) is 4.98 Å². The molecule has 0 unspecified atom stereocenters. The zero-order valence-corrected chi connectivity index (χ0v) is 13.2. The fraction of sp³-hybridized carbons (Fsp3) is 0.385. The van der Waals surface area contributed by atoms with Crippen molar-refractivity contribution in [1.82, 2.24) is 15.5 Å². The molecule has 0 aliphatic carbocycles. The monoisotopic (exact) mass is 341 g/mol. The second kappa shape index (κ2) is 6.71. The molecule has 1 aromatic heterocycles. The Labute approximate surface area is 125 Å². The summed E-state index contributed by atoms with van der Waals surface area (Å²) in [6.45, 7) is 2.70. The molecule has 7 heteroatoms. The average Bonchev–Trinajstić information content (AvgIpc) is 2.83. The summed E-state index contributed by atoms with van der Waals surface area (Å²) in [5.74, 6) is 2.29. The normalized spacial score (nSPS) is 10.6. The van der Waals surface area contributed by atoms with E-state index in [1.54, 1.807) is 14.0 Å². The molecule has 6 nitrogen and oxygen atoms in total. The van der Waals surface area contributed by atoms with E-state index in [0.717, 1.165) is 16.6 Å². The molecule has 0 saturated heterocycles. The number of aryl methyl sites for hydroxylation is 1. The van der Waals surface area contributed by atoms with Crippen molar-refractivity contribution in [1.29, 1.82) is 0 Å². The zero-order chi connectivity index (χ0) is 14.5. The van der Waals surface area contributed by atoms with Crippen LogP contribution in [0.1, 0.15) is 17.3 Å². The molecule has 0 spiro atoms. The molecule has 1 N–H and O–H groups in total. The van der Waals surface area contributed by atoms with Crippen LogP contribution in [0.2, 0.25) is 0 Å². The Bertz CT molecular complexity index is 586. The molecule has 20 heavy (non-hydrogen) atoms. The van der Waals surface area contributed by atoms with Gasteiger partial charge in [0, 0.05) is 13.5 Å². The van der Waals surface area contributed by atoms with Crippen LogP contribution < -0.4 is 14.8 Å². The van der Waals surface area contributed by atoms with Gasteiger partial charge in [0.25, 0.3) is 0 Å². The van der Waals surface area contributed by atoms with Gasteiger partial charge in [0.05, 0.1) is 11.6 Å². The average molecular weight is 342 g/mol. The maximum atomic E-state index is 5.71. The first kappa shape index (κ1) is 14.8. The summed E-state index contributed by atoms with van der Waals surface area (Å²) in [7, 11) is 3.50. The Morgan fingerprint density at radius 3 is 2.80 bits per heavy atom. The van der Waals surface area contributed by atoms with Gasteiger partial charge < -0.3 is 19.3 Å². The first-order valence-electron chi connectivity index (χ1n) is 6.07. The summed E-state index contributed by atoms with van der Waals surface area (Å²) in [4.78, 5) is 4.09. The van der Waals surface area contributed by atoms with Gasteiger partial charge in [0.15, 0.2) is 18.1 Å². The molecule has 1 aromatic carbocycles. The molecule has 0 aliphatic heterocycles. The predicted octanol–water partition coefficient (Wildman–Crippen LogP) is 2.45. The minimum Gasteiger partial charge on any atom is -0.493 e. The Kier molecular flexibility index (Phi) is 4.97. The van der Waals surface area contributed by atoms with Gasteiger partial charge in [0.2, 0.25) is 11.7 Å². The van der Waals surface area contributed by atoms with Gasteiger partial charge in [-0.25, -0.2) is 0 Å². The van der Waals surface area contributed by atoms with Crippen molar-refractivity contribution in [2.45, 2.75) is 20.1 Å². The summed E-state index contributed by atoms with van der Waals surface area (Å²) >= 11 is 3.49. The molecule has 2 aromatic rings. The first-order valence-corrected chi connectivity index (χ1v) is 6.86. The largest absolute Gasteiger partial charge is 0.493 e. The van der Waals surface area contributed by atoms with E-state index in [9.17, 15) is 0 Å². The lowest BCUT2D eigenvalue weighted by atomic mass is 10.2. The van der Waals surface area contributed by atoms with Crippen LogP contribution >= 0.6 is 15.9 Å². The number of ether oxygens (including phenoxy) is 2. The smallest absolute Gasteiger partial charge is 0.223 e. The number of hydrogen-bond acceptors (Lipinski definition) is 6. The van der Waals surface area contributed by atoms with Crippen LogP contribution in [0.4, 0.5) is 0 Å². The minimum atomic E-state index is 0.220. The van der Waals surface area contributed by atoms with E-state index in [2.05, 4.69) is 31.4 Å². The maximum Gasteiger partial charge on any atom is 0.223 e. The number of halogens is 1. The van der Waals surface area contributed by atoms with E-state index in [-0.39, 0.29) is 6.61 Å². The van der Waals surface area contributed by atoms with Crippen molar-refractivity contribution in [3.8, 4) is 11.5 Å². The van der Waals surface area contributed by atoms with Gasteiger partial charge in [-0.05, 0) is 40.7 Å². The van der Waals surface area contributed by atoms with Crippen molar-refractivity contribution in [2.75, 3.05) is 14.2 Å². The van der Waals surface area contributed by atoms with Crippen LogP contribution in [0.15, 0.2) is 21.1 Å². The van der Waals surface area contributed by atoms with Gasteiger partial charge in [-0.1, -0.05) is 5.16 Å². The summed E-state index contributed by atoms with van der Waals surface area (Å²) < 4.78 is 16.8. The maximum absolute atomic E-state index is 5.71. The van der Waals surface area contributed by atoms with Crippen molar-refractivity contribution < 1.29 is 14.0 Å². The van der Waals surface area contributed by atoms with Crippen LogP contribution in [-0.2, 0) is 13.2 Å². The van der Waals surface area contributed by atoms with E-state index in [0.29, 0.717) is 23.2 Å². The van der Waals surface area contributed by atoms with Crippen LogP contribution in [0.25, 0.3) is 0 Å². The highest BCUT2D eigenvalue weighted by Crippen LogP contribution is 2.37. The van der Waals surface area contributed by atoms with E-state index in [4.69, 9.17) is 14.0 Å². The molecule has 1 heterocycles. The van der Waals surface area contributed by atoms with Gasteiger partial charge in [0.1, 0.15) is 0 Å². The molecule has 0 fully saturated rings. The van der Waals surface area contributed by atoms with E-state index >= 15 is 0 Å². The fourth-order valence-corrected chi connectivity index (χ4v) is 2.36. The van der Waals surface area contributed by atoms with Crippen LogP contribution in [0.3, 0.4) is 0 Å². The number of hydrogen-bond donors (Lipinski definition) is 1. The number of methoxy groups -OCH3 is 1. The Hall–Kier alpha value is -1.60. The SMILES string of the molecule is CNCc1cc(Br)c(OCc2noc(C)n2)c(OC)c1. The quantitative estimate of drug-likeness (QED) is 0.870. The highest BCUT2D eigenvalue weighted by atomic mass is 79.9. The number of benzene rings is 1. The molecule has 0 aliphatic rings. The molecule has 0 saturated carbocycles. The fourth-order valence-electron chi connectivity index (χ4n) is 1.76. The van der Waals surface area contributed by atoms with Crippen molar-refractivity contribution in [3.63, 3.8) is 0 Å². The van der Waals surface area contributed by atoms with Gasteiger partial charge >= 0.3 is 0 Å². The highest BCUT2D eigenvalue weighted by molar-refractivity contribution is 9.10. The lowest BCUT2D eigenvalue weighted by Gasteiger charge is -2.13. The van der Waals surface area contributed by atoms with E-state index < -0.39 is 0 Å². The molecular weight excluding hydrogens is 326 g/mol. The lowest BCUT2D eigenvalue weighted by Crippen LogP contribution is -2.06. The minimum absolute atomic E-state index is 0.220. The van der Waals surface area contributed by atoms with Crippen molar-refractivity contribution in [3.05, 3.63) is 33.9 Å². The topological polar surface area (TPSA) is 69.4 Å². The van der Waals surface area contributed by atoms with Gasteiger partial charge in [-0.15, -0.1) is 0 Å². The third kappa shape index (κ3) is 3.49. The standard InChI is InChI=1S/C13H16BrN3O3/c1-8-16-12(17-20-8)7-19-13-10(14)4-9(6-15-2)5-11(13)18-3/h4-5,15H,6-7H2,1-3H3. The summed E-state index contributed by atoms with van der Waals surface area (Å²) in [5.41, 5.74) is 1.10. The lowest BCUT2D eigenvalue weighted by molar-refractivity contribution is 0.267. The number of nitrogens with one attached hydrogen (secondary N) is 1. The van der Waals surface area contributed by atoms with Crippen molar-refractivity contribution >= 4 is 15.9 Å². The number of aromatic nitrogens is 2. The number of nitrogens with zero attached hydrogens (tertiary/aromatic N) is 2. The predicted molar refractivity (Wildman–Crippen MR) is 76.8 cm³/mol. The van der Waals surface area contributed by atoms with E-state index in [1.165, 1.54) is 0 Å². The second-order valence-corrected chi connectivity index (χ2v) is 5.01. The Morgan fingerprint density at radius 2 is 2.20 bits per heavy atom. The molecule has 0 radical (unpaired) electrons. The third-order valence-corrected chi connectivity index (χ3v) is 3.17.